The minimum Gasteiger partial charge on any atom is -0.449 e. The number of carbonyl (C=O) groups excluding carboxylic acids is 2. The Balaban J connectivity index is 1.94. The second-order valence-electron chi connectivity index (χ2n) is 8.54. The predicted molar refractivity (Wildman–Crippen MR) is 101 cm³/mol. The number of amides is 1. The van der Waals surface area contributed by atoms with Crippen LogP contribution >= 0.6 is 0 Å². The second-order valence-corrected chi connectivity index (χ2v) is 8.54. The van der Waals surface area contributed by atoms with Gasteiger partial charge in [0, 0.05) is 20.0 Å². The number of likely N-dealkylation sites (N-methyl/N-ethyl adjacent to an activating group) is 1. The second kappa shape index (κ2) is 8.11. The standard InChI is InChI=1S/C20H33NO8/c1-8-21(9-2)18(23)17(25-11(3)22)14-16-15(28-20(6,7)29-16)13-12(26-14)10-24-19(4,5)27-13/h12-17H,8-10H2,1-7H3/t12-,13-,14-,15+,16-,17-/m1/s1. The van der Waals surface area contributed by atoms with Crippen molar-refractivity contribution < 1.29 is 38.0 Å². The van der Waals surface area contributed by atoms with Crippen molar-refractivity contribution in [3.8, 4) is 0 Å². The summed E-state index contributed by atoms with van der Waals surface area (Å²) >= 11 is 0. The van der Waals surface area contributed by atoms with Crippen LogP contribution in [0.5, 0.6) is 0 Å². The van der Waals surface area contributed by atoms with Crippen LogP contribution in [0.4, 0.5) is 0 Å². The van der Waals surface area contributed by atoms with Gasteiger partial charge < -0.3 is 33.3 Å². The molecule has 1 amide bonds. The summed E-state index contributed by atoms with van der Waals surface area (Å²) in [7, 11) is 0. The zero-order chi connectivity index (χ0) is 21.6. The lowest BCUT2D eigenvalue weighted by Crippen LogP contribution is -2.67. The summed E-state index contributed by atoms with van der Waals surface area (Å²) in [5, 5.41) is 0. The van der Waals surface area contributed by atoms with Crippen LogP contribution in [0.15, 0.2) is 0 Å². The van der Waals surface area contributed by atoms with Gasteiger partial charge in [-0.25, -0.2) is 0 Å². The maximum Gasteiger partial charge on any atom is 0.303 e. The molecule has 0 saturated carbocycles. The predicted octanol–water partition coefficient (Wildman–Crippen LogP) is 1.23. The van der Waals surface area contributed by atoms with Gasteiger partial charge in [0.2, 0.25) is 6.10 Å². The van der Waals surface area contributed by atoms with Gasteiger partial charge in [0.1, 0.15) is 30.5 Å². The van der Waals surface area contributed by atoms with E-state index in [1.54, 1.807) is 18.7 Å². The van der Waals surface area contributed by atoms with E-state index in [-0.39, 0.29) is 12.5 Å². The van der Waals surface area contributed by atoms with Crippen LogP contribution in [-0.4, -0.2) is 84.7 Å². The van der Waals surface area contributed by atoms with Gasteiger partial charge in [-0.1, -0.05) is 0 Å². The average Bonchev–Trinajstić information content (AvgIpc) is 2.95. The summed E-state index contributed by atoms with van der Waals surface area (Å²) in [6.45, 7) is 13.5. The highest BCUT2D eigenvalue weighted by Crippen LogP contribution is 2.43. The van der Waals surface area contributed by atoms with E-state index in [1.807, 2.05) is 27.7 Å². The topological polar surface area (TPSA) is 92.8 Å². The third-order valence-corrected chi connectivity index (χ3v) is 5.43. The molecule has 0 aliphatic carbocycles. The molecule has 166 valence electrons. The highest BCUT2D eigenvalue weighted by atomic mass is 16.8. The van der Waals surface area contributed by atoms with E-state index in [0.717, 1.165) is 0 Å². The van der Waals surface area contributed by atoms with E-state index in [1.165, 1.54) is 6.92 Å². The summed E-state index contributed by atoms with van der Waals surface area (Å²) in [4.78, 5) is 26.6. The van der Waals surface area contributed by atoms with E-state index < -0.39 is 54.2 Å². The molecular weight excluding hydrogens is 382 g/mol. The monoisotopic (exact) mass is 415 g/mol. The molecule has 0 radical (unpaired) electrons. The van der Waals surface area contributed by atoms with Crippen molar-refractivity contribution in [3.05, 3.63) is 0 Å². The van der Waals surface area contributed by atoms with Gasteiger partial charge in [-0.3, -0.25) is 9.59 Å². The first-order chi connectivity index (χ1) is 13.5. The molecule has 0 spiro atoms. The van der Waals surface area contributed by atoms with Crippen molar-refractivity contribution in [1.29, 1.82) is 0 Å². The number of rotatable bonds is 5. The molecule has 0 aromatic heterocycles. The fourth-order valence-electron chi connectivity index (χ4n) is 4.21. The van der Waals surface area contributed by atoms with E-state index >= 15 is 0 Å². The van der Waals surface area contributed by atoms with E-state index in [9.17, 15) is 9.59 Å². The van der Waals surface area contributed by atoms with Crippen molar-refractivity contribution in [1.82, 2.24) is 4.90 Å². The third-order valence-electron chi connectivity index (χ3n) is 5.43. The van der Waals surface area contributed by atoms with Gasteiger partial charge in [0.05, 0.1) is 6.61 Å². The third kappa shape index (κ3) is 4.59. The molecule has 3 aliphatic rings. The van der Waals surface area contributed by atoms with Crippen molar-refractivity contribution in [2.45, 2.75) is 96.7 Å². The van der Waals surface area contributed by atoms with Crippen LogP contribution in [0.1, 0.15) is 48.5 Å². The Morgan fingerprint density at radius 1 is 1.00 bits per heavy atom. The molecule has 3 saturated heterocycles. The van der Waals surface area contributed by atoms with Gasteiger partial charge in [0.15, 0.2) is 11.6 Å². The lowest BCUT2D eigenvalue weighted by atomic mass is 9.90. The Labute approximate surface area is 171 Å². The van der Waals surface area contributed by atoms with E-state index in [2.05, 4.69) is 0 Å². The lowest BCUT2D eigenvalue weighted by Gasteiger charge is -2.49. The Morgan fingerprint density at radius 2 is 1.59 bits per heavy atom. The number of esters is 1. The van der Waals surface area contributed by atoms with Gasteiger partial charge in [0.25, 0.3) is 5.91 Å². The molecule has 3 aliphatic heterocycles. The quantitative estimate of drug-likeness (QED) is 0.619. The number of carbonyl (C=O) groups is 2. The van der Waals surface area contributed by atoms with Crippen molar-refractivity contribution >= 4 is 11.9 Å². The molecule has 3 rings (SSSR count). The fourth-order valence-corrected chi connectivity index (χ4v) is 4.21. The summed E-state index contributed by atoms with van der Waals surface area (Å²) < 4.78 is 35.8. The van der Waals surface area contributed by atoms with Crippen LogP contribution in [0.2, 0.25) is 0 Å². The maximum absolute atomic E-state index is 13.2. The summed E-state index contributed by atoms with van der Waals surface area (Å²) in [5.41, 5.74) is 0. The maximum atomic E-state index is 13.2. The first kappa shape index (κ1) is 22.4. The van der Waals surface area contributed by atoms with Gasteiger partial charge in [-0.15, -0.1) is 0 Å². The molecule has 0 unspecified atom stereocenters. The number of ether oxygens (including phenoxy) is 6. The highest BCUT2D eigenvalue weighted by molar-refractivity contribution is 5.84. The fraction of sp³-hybridized carbons (Fsp3) is 0.900. The molecule has 9 heteroatoms. The molecular formula is C20H33NO8. The van der Waals surface area contributed by atoms with E-state index in [0.29, 0.717) is 13.1 Å². The Hall–Kier alpha value is -1.26. The molecule has 6 atom stereocenters. The highest BCUT2D eigenvalue weighted by Gasteiger charge is 2.61. The molecule has 3 fully saturated rings. The first-order valence-electron chi connectivity index (χ1n) is 10.3. The largest absolute Gasteiger partial charge is 0.449 e. The smallest absolute Gasteiger partial charge is 0.303 e. The number of hydrogen-bond donors (Lipinski definition) is 0. The van der Waals surface area contributed by atoms with Crippen molar-refractivity contribution in [3.63, 3.8) is 0 Å². The van der Waals surface area contributed by atoms with Gasteiger partial charge >= 0.3 is 5.97 Å². The molecule has 9 nitrogen and oxygen atoms in total. The Bertz CT molecular complexity index is 632. The Morgan fingerprint density at radius 3 is 2.17 bits per heavy atom. The summed E-state index contributed by atoms with van der Waals surface area (Å²) in [6.07, 6.45) is -4.01. The van der Waals surface area contributed by atoms with Crippen LogP contribution in [-0.2, 0) is 38.0 Å². The normalized spacial score (nSPS) is 35.9. The van der Waals surface area contributed by atoms with Crippen LogP contribution < -0.4 is 0 Å². The SMILES string of the molecule is CCN(CC)C(=O)[C@H](OC(C)=O)[C@@H]1O[C@@H]2COC(C)(C)O[C@H]2[C@@H]2OC(C)(C)O[C@@H]21. The number of fused-ring (bicyclic) bond motifs is 3. The minimum absolute atomic E-state index is 0.271. The van der Waals surface area contributed by atoms with E-state index in [4.69, 9.17) is 28.4 Å². The zero-order valence-electron chi connectivity index (χ0n) is 18.3. The molecule has 0 N–H and O–H groups in total. The molecule has 3 heterocycles. The first-order valence-corrected chi connectivity index (χ1v) is 10.3. The molecule has 0 aromatic carbocycles. The molecule has 0 aromatic rings. The van der Waals surface area contributed by atoms with Crippen LogP contribution in [0.25, 0.3) is 0 Å². The van der Waals surface area contributed by atoms with Gasteiger partial charge in [-0.05, 0) is 41.5 Å². The van der Waals surface area contributed by atoms with Crippen molar-refractivity contribution in [2.75, 3.05) is 19.7 Å². The van der Waals surface area contributed by atoms with Gasteiger partial charge in [-0.2, -0.15) is 0 Å². The molecule has 0 bridgehead atoms. The van der Waals surface area contributed by atoms with Crippen molar-refractivity contribution in [2.24, 2.45) is 0 Å². The number of hydrogen-bond acceptors (Lipinski definition) is 8. The van der Waals surface area contributed by atoms with Crippen LogP contribution in [0.3, 0.4) is 0 Å². The minimum atomic E-state index is -1.15. The summed E-state index contributed by atoms with van der Waals surface area (Å²) in [5.74, 6) is -2.56. The average molecular weight is 415 g/mol. The van der Waals surface area contributed by atoms with Crippen LogP contribution in [0, 0.1) is 0 Å². The Kier molecular flexibility index (Phi) is 6.27. The molecule has 29 heavy (non-hydrogen) atoms. The summed E-state index contributed by atoms with van der Waals surface area (Å²) in [6, 6.07) is 0. The number of nitrogens with zero attached hydrogens (tertiary/aromatic N) is 1. The lowest BCUT2D eigenvalue weighted by molar-refractivity contribution is -0.351. The zero-order valence-corrected chi connectivity index (χ0v) is 18.3.